The predicted octanol–water partition coefficient (Wildman–Crippen LogP) is 5.51. The molecule has 2 amide bonds. The number of fused-ring (bicyclic) bond motifs is 1. The zero-order valence-electron chi connectivity index (χ0n) is 18.4. The molecule has 4 aromatic carbocycles. The predicted molar refractivity (Wildman–Crippen MR) is 129 cm³/mol. The third-order valence-corrected chi connectivity index (χ3v) is 6.11. The second-order valence-corrected chi connectivity index (χ2v) is 8.29. The molecule has 0 radical (unpaired) electrons. The van der Waals surface area contributed by atoms with E-state index in [4.69, 9.17) is 0 Å². The Morgan fingerprint density at radius 1 is 0.824 bits per heavy atom. The van der Waals surface area contributed by atoms with Crippen LogP contribution < -0.4 is 5.32 Å². The first kappa shape index (κ1) is 21.6. The Balaban J connectivity index is 1.48. The Morgan fingerprint density at radius 2 is 1.50 bits per heavy atom. The van der Waals surface area contributed by atoms with Gasteiger partial charge in [0.15, 0.2) is 0 Å². The van der Waals surface area contributed by atoms with Crippen molar-refractivity contribution in [2.45, 2.75) is 19.1 Å². The van der Waals surface area contributed by atoms with Crippen LogP contribution in [0.5, 0.6) is 0 Å². The summed E-state index contributed by atoms with van der Waals surface area (Å²) in [5.41, 5.74) is 4.63. The molecule has 0 saturated heterocycles. The van der Waals surface area contributed by atoms with Crippen molar-refractivity contribution in [1.29, 1.82) is 0 Å². The van der Waals surface area contributed by atoms with E-state index < -0.39 is 11.9 Å². The van der Waals surface area contributed by atoms with Gasteiger partial charge >= 0.3 is 0 Å². The molecule has 0 saturated carbocycles. The standard InChI is InChI=1S/C29H23FN2O2/c30-23-15-16-25-26(17-23)27(28(33)31-18-20-9-3-1-4-10-20)32(29(25)34)19-22-13-7-8-14-24(22)21-11-5-2-6-12-21/h1-17,27H,18-19H2,(H,31,33). The fourth-order valence-electron chi connectivity index (χ4n) is 4.46. The second-order valence-electron chi connectivity index (χ2n) is 8.29. The summed E-state index contributed by atoms with van der Waals surface area (Å²) in [5, 5.41) is 2.93. The average molecular weight is 451 g/mol. The van der Waals surface area contributed by atoms with Gasteiger partial charge in [-0.25, -0.2) is 4.39 Å². The Morgan fingerprint density at radius 3 is 2.26 bits per heavy atom. The smallest absolute Gasteiger partial charge is 0.255 e. The van der Waals surface area contributed by atoms with E-state index in [2.05, 4.69) is 5.32 Å². The molecular weight excluding hydrogens is 427 g/mol. The largest absolute Gasteiger partial charge is 0.350 e. The monoisotopic (exact) mass is 450 g/mol. The molecule has 1 atom stereocenters. The second kappa shape index (κ2) is 9.32. The number of carbonyl (C=O) groups is 2. The summed E-state index contributed by atoms with van der Waals surface area (Å²) in [4.78, 5) is 28.3. The molecule has 4 aromatic rings. The molecule has 0 bridgehead atoms. The average Bonchev–Trinajstić information content (AvgIpc) is 3.14. The minimum Gasteiger partial charge on any atom is -0.350 e. The lowest BCUT2D eigenvalue weighted by atomic mass is 9.99. The molecular formula is C29H23FN2O2. The highest BCUT2D eigenvalue weighted by Gasteiger charge is 2.41. The number of rotatable bonds is 6. The number of nitrogens with zero attached hydrogens (tertiary/aromatic N) is 1. The number of halogens is 1. The third kappa shape index (κ3) is 4.20. The fourth-order valence-corrected chi connectivity index (χ4v) is 4.46. The van der Waals surface area contributed by atoms with Gasteiger partial charge in [0, 0.05) is 18.7 Å². The molecule has 1 aliphatic rings. The Kier molecular flexibility index (Phi) is 5.91. The molecule has 1 aliphatic heterocycles. The van der Waals surface area contributed by atoms with Crippen molar-refractivity contribution in [3.8, 4) is 11.1 Å². The van der Waals surface area contributed by atoms with Crippen molar-refractivity contribution in [3.05, 3.63) is 131 Å². The van der Waals surface area contributed by atoms with Crippen LogP contribution in [0, 0.1) is 5.82 Å². The Labute approximate surface area is 197 Å². The van der Waals surface area contributed by atoms with Gasteiger partial charge in [-0.3, -0.25) is 9.59 Å². The highest BCUT2D eigenvalue weighted by molar-refractivity contribution is 6.04. The van der Waals surface area contributed by atoms with Crippen LogP contribution in [-0.4, -0.2) is 16.7 Å². The summed E-state index contributed by atoms with van der Waals surface area (Å²) in [6.45, 7) is 0.549. The molecule has 5 rings (SSSR count). The lowest BCUT2D eigenvalue weighted by molar-refractivity contribution is -0.125. The van der Waals surface area contributed by atoms with Crippen molar-refractivity contribution in [2.75, 3.05) is 0 Å². The summed E-state index contributed by atoms with van der Waals surface area (Å²) in [6.07, 6.45) is 0. The van der Waals surface area contributed by atoms with Gasteiger partial charge in [-0.15, -0.1) is 0 Å². The molecule has 0 aromatic heterocycles. The maximum absolute atomic E-state index is 14.2. The van der Waals surface area contributed by atoms with Crippen LogP contribution in [0.25, 0.3) is 11.1 Å². The first-order valence-corrected chi connectivity index (χ1v) is 11.2. The first-order valence-electron chi connectivity index (χ1n) is 11.2. The van der Waals surface area contributed by atoms with Gasteiger partial charge < -0.3 is 10.2 Å². The van der Waals surface area contributed by atoms with Gasteiger partial charge in [0.2, 0.25) is 5.91 Å². The van der Waals surface area contributed by atoms with E-state index in [9.17, 15) is 14.0 Å². The molecule has 1 heterocycles. The van der Waals surface area contributed by atoms with Crippen LogP contribution in [0.1, 0.15) is 33.1 Å². The first-order chi connectivity index (χ1) is 16.6. The van der Waals surface area contributed by atoms with Gasteiger partial charge in [0.25, 0.3) is 5.91 Å². The number of hydrogen-bond acceptors (Lipinski definition) is 2. The number of benzene rings is 4. The molecule has 4 nitrogen and oxygen atoms in total. The maximum atomic E-state index is 14.2. The third-order valence-electron chi connectivity index (χ3n) is 6.11. The zero-order valence-corrected chi connectivity index (χ0v) is 18.4. The van der Waals surface area contributed by atoms with Crippen LogP contribution in [0.15, 0.2) is 103 Å². The molecule has 0 aliphatic carbocycles. The minimum atomic E-state index is -0.911. The lowest BCUT2D eigenvalue weighted by Gasteiger charge is -2.26. The minimum absolute atomic E-state index is 0.226. The van der Waals surface area contributed by atoms with Gasteiger partial charge in [-0.1, -0.05) is 84.9 Å². The number of hydrogen-bond donors (Lipinski definition) is 1. The number of amides is 2. The molecule has 5 heteroatoms. The van der Waals surface area contributed by atoms with E-state index in [-0.39, 0.29) is 18.4 Å². The fraction of sp³-hybridized carbons (Fsp3) is 0.103. The van der Waals surface area contributed by atoms with E-state index >= 15 is 0 Å². The maximum Gasteiger partial charge on any atom is 0.255 e. The van der Waals surface area contributed by atoms with Crippen LogP contribution in [0.2, 0.25) is 0 Å². The lowest BCUT2D eigenvalue weighted by Crippen LogP contribution is -2.38. The van der Waals surface area contributed by atoms with Gasteiger partial charge in [-0.05, 0) is 46.0 Å². The van der Waals surface area contributed by atoms with Crippen LogP contribution in [-0.2, 0) is 17.9 Å². The highest BCUT2D eigenvalue weighted by Crippen LogP contribution is 2.37. The number of nitrogens with one attached hydrogen (secondary N) is 1. The van der Waals surface area contributed by atoms with Crippen molar-refractivity contribution < 1.29 is 14.0 Å². The van der Waals surface area contributed by atoms with Gasteiger partial charge in [0.05, 0.1) is 0 Å². The highest BCUT2D eigenvalue weighted by atomic mass is 19.1. The van der Waals surface area contributed by atoms with E-state index in [1.54, 1.807) is 0 Å². The van der Waals surface area contributed by atoms with Crippen LogP contribution in [0.4, 0.5) is 4.39 Å². The molecule has 1 unspecified atom stereocenters. The Bertz CT molecular complexity index is 1340. The Hall–Kier alpha value is -4.25. The van der Waals surface area contributed by atoms with Gasteiger partial charge in [0.1, 0.15) is 11.9 Å². The van der Waals surface area contributed by atoms with E-state index in [1.165, 1.54) is 23.1 Å². The van der Waals surface area contributed by atoms with E-state index in [0.29, 0.717) is 17.7 Å². The summed E-state index contributed by atoms with van der Waals surface area (Å²) in [7, 11) is 0. The van der Waals surface area contributed by atoms with Crippen molar-refractivity contribution in [2.24, 2.45) is 0 Å². The normalized spacial score (nSPS) is 14.7. The SMILES string of the molecule is O=C(NCc1ccccc1)C1c2cc(F)ccc2C(=O)N1Cc1ccccc1-c1ccccc1. The molecule has 168 valence electrons. The zero-order chi connectivity index (χ0) is 23.5. The molecule has 1 N–H and O–H groups in total. The summed E-state index contributed by atoms with van der Waals surface area (Å²) >= 11 is 0. The molecule has 0 fully saturated rings. The summed E-state index contributed by atoms with van der Waals surface area (Å²) in [5.74, 6) is -1.09. The van der Waals surface area contributed by atoms with Crippen molar-refractivity contribution >= 4 is 11.8 Å². The molecule has 34 heavy (non-hydrogen) atoms. The quantitative estimate of drug-likeness (QED) is 0.421. The van der Waals surface area contributed by atoms with Crippen molar-refractivity contribution in [3.63, 3.8) is 0 Å². The summed E-state index contributed by atoms with van der Waals surface area (Å²) in [6, 6.07) is 30.4. The number of carbonyl (C=O) groups excluding carboxylic acids is 2. The van der Waals surface area contributed by atoms with Crippen LogP contribution in [0.3, 0.4) is 0 Å². The summed E-state index contributed by atoms with van der Waals surface area (Å²) < 4.78 is 14.2. The van der Waals surface area contributed by atoms with Crippen LogP contribution >= 0.6 is 0 Å². The van der Waals surface area contributed by atoms with Gasteiger partial charge in [-0.2, -0.15) is 0 Å². The molecule has 0 spiro atoms. The van der Waals surface area contributed by atoms with E-state index in [0.717, 1.165) is 22.3 Å². The topological polar surface area (TPSA) is 49.4 Å². The van der Waals surface area contributed by atoms with Crippen molar-refractivity contribution in [1.82, 2.24) is 10.2 Å². The van der Waals surface area contributed by atoms with E-state index in [1.807, 2.05) is 84.9 Å².